The molecule has 0 radical (unpaired) electrons. The minimum absolute atomic E-state index is 0.0494. The Hall–Kier alpha value is -2.60. The number of piperazine rings is 1. The quantitative estimate of drug-likeness (QED) is 0.847. The number of ether oxygens (including phenoxy) is 1. The summed E-state index contributed by atoms with van der Waals surface area (Å²) in [5, 5.41) is 3.27. The van der Waals surface area contributed by atoms with Crippen molar-refractivity contribution in [2.75, 3.05) is 38.0 Å². The first-order valence-corrected chi connectivity index (χ1v) is 9.57. The molecule has 3 rings (SSSR count). The first kappa shape index (κ1) is 19.2. The van der Waals surface area contributed by atoms with Gasteiger partial charge in [0.15, 0.2) is 0 Å². The SMILES string of the molecule is CCN1CCN(C(=O)c2ccc(Nc3ccccc3OC(C)C)nc2)CC1. The summed E-state index contributed by atoms with van der Waals surface area (Å²) in [6.07, 6.45) is 1.73. The average Bonchev–Trinajstić information content (AvgIpc) is 2.69. The molecule has 0 aliphatic carbocycles. The number of rotatable bonds is 6. The minimum Gasteiger partial charge on any atom is -0.489 e. The molecule has 6 nitrogen and oxygen atoms in total. The fourth-order valence-electron chi connectivity index (χ4n) is 3.11. The highest BCUT2D eigenvalue weighted by atomic mass is 16.5. The molecule has 2 aromatic rings. The number of nitrogens with zero attached hydrogens (tertiary/aromatic N) is 3. The predicted molar refractivity (Wildman–Crippen MR) is 108 cm³/mol. The van der Waals surface area contributed by atoms with E-state index in [0.29, 0.717) is 11.4 Å². The van der Waals surface area contributed by atoms with E-state index < -0.39 is 0 Å². The standard InChI is InChI=1S/C21H28N4O2/c1-4-24-11-13-25(14-12-24)21(26)17-9-10-20(22-15-17)23-18-7-5-6-8-19(18)27-16(2)3/h5-10,15-16H,4,11-14H2,1-3H3,(H,22,23). The van der Waals surface area contributed by atoms with Gasteiger partial charge in [-0.05, 0) is 44.7 Å². The number of hydrogen-bond donors (Lipinski definition) is 1. The molecule has 1 aromatic carbocycles. The van der Waals surface area contributed by atoms with Crippen molar-refractivity contribution in [3.63, 3.8) is 0 Å². The van der Waals surface area contributed by atoms with Crippen molar-refractivity contribution < 1.29 is 9.53 Å². The third kappa shape index (κ3) is 4.98. The largest absolute Gasteiger partial charge is 0.489 e. The summed E-state index contributed by atoms with van der Waals surface area (Å²) in [6.45, 7) is 10.6. The van der Waals surface area contributed by atoms with Crippen molar-refractivity contribution in [3.8, 4) is 5.75 Å². The summed E-state index contributed by atoms with van der Waals surface area (Å²) in [4.78, 5) is 21.3. The van der Waals surface area contributed by atoms with Crippen LogP contribution < -0.4 is 10.1 Å². The van der Waals surface area contributed by atoms with Crippen LogP contribution in [0.15, 0.2) is 42.6 Å². The molecule has 6 heteroatoms. The molecule has 0 atom stereocenters. The number of carbonyl (C=O) groups excluding carboxylic acids is 1. The molecule has 2 heterocycles. The Morgan fingerprint density at radius 1 is 1.15 bits per heavy atom. The molecular formula is C21H28N4O2. The number of likely N-dealkylation sites (N-methyl/N-ethyl adjacent to an activating group) is 1. The zero-order valence-corrected chi connectivity index (χ0v) is 16.3. The molecule has 1 N–H and O–H groups in total. The lowest BCUT2D eigenvalue weighted by Gasteiger charge is -2.34. The van der Waals surface area contributed by atoms with Crippen LogP contribution in [0, 0.1) is 0 Å². The molecule has 0 spiro atoms. The van der Waals surface area contributed by atoms with Crippen molar-refractivity contribution in [1.29, 1.82) is 0 Å². The van der Waals surface area contributed by atoms with Crippen LogP contribution in [-0.4, -0.2) is 59.5 Å². The normalized spacial score (nSPS) is 15.0. The Balaban J connectivity index is 1.65. The molecule has 1 aliphatic heterocycles. The van der Waals surface area contributed by atoms with Gasteiger partial charge < -0.3 is 19.9 Å². The topological polar surface area (TPSA) is 57.7 Å². The Labute approximate surface area is 161 Å². The second kappa shape index (κ2) is 8.86. The zero-order chi connectivity index (χ0) is 19.2. The monoisotopic (exact) mass is 368 g/mol. The highest BCUT2D eigenvalue weighted by molar-refractivity contribution is 5.94. The van der Waals surface area contributed by atoms with Crippen LogP contribution in [0.25, 0.3) is 0 Å². The van der Waals surface area contributed by atoms with Crippen LogP contribution in [-0.2, 0) is 0 Å². The molecule has 1 fully saturated rings. The van der Waals surface area contributed by atoms with Crippen molar-refractivity contribution in [2.45, 2.75) is 26.9 Å². The number of para-hydroxylation sites is 2. The average molecular weight is 368 g/mol. The summed E-state index contributed by atoms with van der Waals surface area (Å²) < 4.78 is 5.82. The van der Waals surface area contributed by atoms with Crippen LogP contribution >= 0.6 is 0 Å². The van der Waals surface area contributed by atoms with Gasteiger partial charge in [0, 0.05) is 32.4 Å². The Morgan fingerprint density at radius 2 is 1.89 bits per heavy atom. The van der Waals surface area contributed by atoms with E-state index in [-0.39, 0.29) is 12.0 Å². The first-order valence-electron chi connectivity index (χ1n) is 9.57. The fraction of sp³-hybridized carbons (Fsp3) is 0.429. The van der Waals surface area contributed by atoms with Gasteiger partial charge in [-0.15, -0.1) is 0 Å². The van der Waals surface area contributed by atoms with E-state index in [2.05, 4.69) is 22.1 Å². The summed E-state index contributed by atoms with van der Waals surface area (Å²) in [5.74, 6) is 1.51. The summed E-state index contributed by atoms with van der Waals surface area (Å²) in [6, 6.07) is 11.4. The minimum atomic E-state index is 0.0494. The van der Waals surface area contributed by atoms with E-state index in [9.17, 15) is 4.79 Å². The highest BCUT2D eigenvalue weighted by Gasteiger charge is 2.21. The molecule has 0 saturated carbocycles. The molecule has 1 aliphatic rings. The van der Waals surface area contributed by atoms with E-state index >= 15 is 0 Å². The number of nitrogens with one attached hydrogen (secondary N) is 1. The van der Waals surface area contributed by atoms with Crippen LogP contribution in [0.3, 0.4) is 0 Å². The second-order valence-corrected chi connectivity index (χ2v) is 6.95. The number of carbonyl (C=O) groups is 1. The molecule has 1 saturated heterocycles. The molecule has 0 unspecified atom stereocenters. The molecule has 1 amide bonds. The van der Waals surface area contributed by atoms with Gasteiger partial charge in [0.05, 0.1) is 17.4 Å². The first-order chi connectivity index (χ1) is 13.1. The van der Waals surface area contributed by atoms with Gasteiger partial charge in [-0.2, -0.15) is 0 Å². The third-order valence-corrected chi connectivity index (χ3v) is 4.63. The van der Waals surface area contributed by atoms with E-state index in [4.69, 9.17) is 4.74 Å². The smallest absolute Gasteiger partial charge is 0.255 e. The predicted octanol–water partition coefficient (Wildman–Crippen LogP) is 3.39. The second-order valence-electron chi connectivity index (χ2n) is 6.95. The summed E-state index contributed by atoms with van der Waals surface area (Å²) in [7, 11) is 0. The van der Waals surface area contributed by atoms with Gasteiger partial charge in [0.25, 0.3) is 5.91 Å². The molecule has 1 aromatic heterocycles. The van der Waals surface area contributed by atoms with Gasteiger partial charge in [-0.1, -0.05) is 19.1 Å². The van der Waals surface area contributed by atoms with E-state index in [1.165, 1.54) is 0 Å². The maximum Gasteiger partial charge on any atom is 0.255 e. The Bertz CT molecular complexity index is 753. The number of benzene rings is 1. The molecule has 144 valence electrons. The lowest BCUT2D eigenvalue weighted by atomic mass is 10.2. The number of anilines is 2. The summed E-state index contributed by atoms with van der Waals surface area (Å²) >= 11 is 0. The van der Waals surface area contributed by atoms with Crippen LogP contribution in [0.1, 0.15) is 31.1 Å². The zero-order valence-electron chi connectivity index (χ0n) is 16.3. The molecule has 27 heavy (non-hydrogen) atoms. The Morgan fingerprint density at radius 3 is 2.52 bits per heavy atom. The molecule has 0 bridgehead atoms. The number of aromatic nitrogens is 1. The van der Waals surface area contributed by atoms with E-state index in [0.717, 1.165) is 44.2 Å². The maximum absolute atomic E-state index is 12.7. The fourth-order valence-corrected chi connectivity index (χ4v) is 3.11. The van der Waals surface area contributed by atoms with Crippen LogP contribution in [0.2, 0.25) is 0 Å². The maximum atomic E-state index is 12.7. The third-order valence-electron chi connectivity index (χ3n) is 4.63. The van der Waals surface area contributed by atoms with Crippen LogP contribution in [0.4, 0.5) is 11.5 Å². The van der Waals surface area contributed by atoms with Gasteiger partial charge >= 0.3 is 0 Å². The highest BCUT2D eigenvalue weighted by Crippen LogP contribution is 2.27. The van der Waals surface area contributed by atoms with Gasteiger partial charge in [0.2, 0.25) is 0 Å². The van der Waals surface area contributed by atoms with Gasteiger partial charge in [-0.25, -0.2) is 4.98 Å². The van der Waals surface area contributed by atoms with Gasteiger partial charge in [0.1, 0.15) is 11.6 Å². The van der Waals surface area contributed by atoms with Crippen LogP contribution in [0.5, 0.6) is 5.75 Å². The molecular weight excluding hydrogens is 340 g/mol. The number of amides is 1. The lowest BCUT2D eigenvalue weighted by Crippen LogP contribution is -2.48. The van der Waals surface area contributed by atoms with E-state index in [1.54, 1.807) is 6.20 Å². The van der Waals surface area contributed by atoms with Gasteiger partial charge in [-0.3, -0.25) is 4.79 Å². The van der Waals surface area contributed by atoms with Crippen molar-refractivity contribution in [1.82, 2.24) is 14.8 Å². The van der Waals surface area contributed by atoms with Crippen molar-refractivity contribution in [2.24, 2.45) is 0 Å². The number of hydrogen-bond acceptors (Lipinski definition) is 5. The van der Waals surface area contributed by atoms with Crippen molar-refractivity contribution >= 4 is 17.4 Å². The Kier molecular flexibility index (Phi) is 6.29. The van der Waals surface area contributed by atoms with Crippen molar-refractivity contribution in [3.05, 3.63) is 48.2 Å². The number of pyridine rings is 1. The van der Waals surface area contributed by atoms with E-state index in [1.807, 2.05) is 55.1 Å². The summed E-state index contributed by atoms with van der Waals surface area (Å²) in [5.41, 5.74) is 1.48. The lowest BCUT2D eigenvalue weighted by molar-refractivity contribution is 0.0643.